The molecule has 47 heavy (non-hydrogen) atoms. The van der Waals surface area contributed by atoms with Gasteiger partial charge >= 0.3 is 5.97 Å². The molecule has 3 aromatic carbocycles. The van der Waals surface area contributed by atoms with Crippen LogP contribution in [0.25, 0.3) is 11.1 Å². The van der Waals surface area contributed by atoms with E-state index in [1.165, 1.54) is 34.9 Å². The number of amides is 1. The lowest BCUT2D eigenvalue weighted by Crippen LogP contribution is -2.40. The molecule has 5 rings (SSSR count). The number of aromatic carboxylic acids is 1. The number of halogens is 1. The molecule has 1 aromatic heterocycles. The highest BCUT2D eigenvalue weighted by molar-refractivity contribution is 6.04. The zero-order valence-electron chi connectivity index (χ0n) is 27.1. The molecule has 3 N–H and O–H groups in total. The van der Waals surface area contributed by atoms with E-state index in [-0.39, 0.29) is 34.6 Å². The normalized spacial score (nSPS) is 16.4. The number of aryl methyl sites for hydroxylation is 3. The maximum atomic E-state index is 14.1. The fraction of sp³-hybridized carbons (Fsp3) is 0.324. The number of rotatable bonds is 9. The number of nitrogens with zero attached hydrogens (tertiary/aromatic N) is 1. The molecule has 1 aliphatic rings. The van der Waals surface area contributed by atoms with Gasteiger partial charge in [-0.05, 0) is 106 Å². The summed E-state index contributed by atoms with van der Waals surface area (Å²) in [7, 11) is 1.64. The van der Waals surface area contributed by atoms with Crippen molar-refractivity contribution in [1.82, 2.24) is 9.88 Å². The minimum atomic E-state index is -1.18. The highest BCUT2D eigenvalue weighted by Crippen LogP contribution is 2.42. The number of pyridine rings is 1. The second-order valence-electron chi connectivity index (χ2n) is 12.7. The van der Waals surface area contributed by atoms with Crippen molar-refractivity contribution < 1.29 is 33.7 Å². The van der Waals surface area contributed by atoms with Gasteiger partial charge in [-0.3, -0.25) is 9.59 Å². The Morgan fingerprint density at radius 2 is 1.55 bits per heavy atom. The number of carbonyl (C=O) groups excluding carboxylic acids is 1. The zero-order valence-corrected chi connectivity index (χ0v) is 27.1. The highest BCUT2D eigenvalue weighted by atomic mass is 19.1. The molecule has 0 unspecified atom stereocenters. The lowest BCUT2D eigenvalue weighted by Gasteiger charge is -2.30. The Morgan fingerprint density at radius 1 is 0.915 bits per heavy atom. The predicted octanol–water partition coefficient (Wildman–Crippen LogP) is 6.65. The van der Waals surface area contributed by atoms with Gasteiger partial charge in [0.1, 0.15) is 23.1 Å². The first-order valence-electron chi connectivity index (χ1n) is 15.5. The summed E-state index contributed by atoms with van der Waals surface area (Å²) in [4.78, 5) is 37.3. The minimum Gasteiger partial charge on any atom is -0.490 e. The van der Waals surface area contributed by atoms with Crippen molar-refractivity contribution in [2.45, 2.75) is 71.1 Å². The monoisotopic (exact) mass is 642 g/mol. The molecule has 0 saturated heterocycles. The van der Waals surface area contributed by atoms with Crippen molar-refractivity contribution in [2.24, 2.45) is 7.05 Å². The Hall–Kier alpha value is -4.96. The molecule has 1 heterocycles. The van der Waals surface area contributed by atoms with Crippen molar-refractivity contribution in [3.63, 3.8) is 0 Å². The van der Waals surface area contributed by atoms with E-state index in [2.05, 4.69) is 5.32 Å². The van der Waals surface area contributed by atoms with E-state index in [0.29, 0.717) is 70.7 Å². The van der Waals surface area contributed by atoms with Crippen LogP contribution in [0.5, 0.6) is 17.2 Å². The summed E-state index contributed by atoms with van der Waals surface area (Å²) in [5.74, 6) is -0.678. The topological polar surface area (TPSA) is 127 Å². The molecule has 0 spiro atoms. The maximum absolute atomic E-state index is 14.1. The Kier molecular flexibility index (Phi) is 9.53. The van der Waals surface area contributed by atoms with Gasteiger partial charge in [0.2, 0.25) is 0 Å². The Bertz CT molecular complexity index is 1860. The second kappa shape index (κ2) is 13.4. The molecule has 246 valence electrons. The number of nitrogens with one attached hydrogen (secondary N) is 1. The first-order valence-corrected chi connectivity index (χ1v) is 15.5. The number of ether oxygens (including phenoxy) is 2. The number of carboxylic acids is 1. The van der Waals surface area contributed by atoms with Crippen LogP contribution >= 0.6 is 0 Å². The van der Waals surface area contributed by atoms with Gasteiger partial charge in [-0.2, -0.15) is 0 Å². The first kappa shape index (κ1) is 33.4. The molecule has 0 aliphatic heterocycles. The van der Waals surface area contributed by atoms with Gasteiger partial charge in [0.05, 0.1) is 22.8 Å². The van der Waals surface area contributed by atoms with E-state index >= 15 is 0 Å². The van der Waals surface area contributed by atoms with Gasteiger partial charge in [-0.25, -0.2) is 9.18 Å². The summed E-state index contributed by atoms with van der Waals surface area (Å²) in [5.41, 5.74) is 1.62. The van der Waals surface area contributed by atoms with Crippen LogP contribution in [0.2, 0.25) is 0 Å². The molecule has 4 aromatic rings. The van der Waals surface area contributed by atoms with E-state index in [1.807, 2.05) is 0 Å². The third-order valence-corrected chi connectivity index (χ3v) is 8.51. The van der Waals surface area contributed by atoms with Crippen molar-refractivity contribution >= 4 is 11.9 Å². The third kappa shape index (κ3) is 7.55. The fourth-order valence-electron chi connectivity index (χ4n) is 5.93. The lowest BCUT2D eigenvalue weighted by molar-refractivity contribution is 0.0689. The van der Waals surface area contributed by atoms with Crippen molar-refractivity contribution in [2.75, 3.05) is 0 Å². The number of aromatic nitrogens is 1. The molecule has 1 amide bonds. The number of hydrogen-bond acceptors (Lipinski definition) is 6. The molecule has 1 saturated carbocycles. The smallest absolute Gasteiger partial charge is 0.336 e. The van der Waals surface area contributed by atoms with Gasteiger partial charge in [-0.15, -0.1) is 0 Å². The molecule has 0 atom stereocenters. The van der Waals surface area contributed by atoms with Crippen LogP contribution in [0.3, 0.4) is 0 Å². The van der Waals surface area contributed by atoms with Gasteiger partial charge < -0.3 is 29.6 Å². The summed E-state index contributed by atoms with van der Waals surface area (Å²) >= 11 is 0. The fourth-order valence-corrected chi connectivity index (χ4v) is 5.93. The van der Waals surface area contributed by atoms with E-state index in [0.717, 1.165) is 0 Å². The van der Waals surface area contributed by atoms with E-state index in [4.69, 9.17) is 9.47 Å². The van der Waals surface area contributed by atoms with Crippen LogP contribution in [0, 0.1) is 19.7 Å². The van der Waals surface area contributed by atoms with Crippen molar-refractivity contribution in [1.29, 1.82) is 0 Å². The third-order valence-electron chi connectivity index (χ3n) is 8.51. The van der Waals surface area contributed by atoms with Crippen LogP contribution in [-0.4, -0.2) is 38.8 Å². The van der Waals surface area contributed by atoms with E-state index in [1.54, 1.807) is 71.3 Å². The van der Waals surface area contributed by atoms with Gasteiger partial charge in [0.25, 0.3) is 11.5 Å². The summed E-state index contributed by atoms with van der Waals surface area (Å²) in [6, 6.07) is 15.5. The Labute approximate surface area is 272 Å². The summed E-state index contributed by atoms with van der Waals surface area (Å²) < 4.78 is 28.4. The average Bonchev–Trinajstić information content (AvgIpc) is 3.01. The molecule has 1 aliphatic carbocycles. The largest absolute Gasteiger partial charge is 0.490 e. The Balaban J connectivity index is 1.42. The van der Waals surface area contributed by atoms with E-state index < -0.39 is 17.5 Å². The van der Waals surface area contributed by atoms with Crippen LogP contribution < -0.4 is 20.3 Å². The average molecular weight is 643 g/mol. The summed E-state index contributed by atoms with van der Waals surface area (Å²) in [6.45, 7) is 6.88. The van der Waals surface area contributed by atoms with Crippen molar-refractivity contribution in [3.05, 3.63) is 111 Å². The van der Waals surface area contributed by atoms with Gasteiger partial charge in [0.15, 0.2) is 0 Å². The number of carboxylic acid groups (broad SMARTS) is 1. The predicted molar refractivity (Wildman–Crippen MR) is 176 cm³/mol. The van der Waals surface area contributed by atoms with Crippen LogP contribution in [0.1, 0.15) is 76.9 Å². The molecule has 1 fully saturated rings. The summed E-state index contributed by atoms with van der Waals surface area (Å²) in [5, 5.41) is 23.3. The zero-order chi connectivity index (χ0) is 34.0. The molecular formula is C37H39FN2O7. The number of carbonyl (C=O) groups is 2. The molecule has 10 heteroatoms. The quantitative estimate of drug-likeness (QED) is 0.187. The van der Waals surface area contributed by atoms with Crippen molar-refractivity contribution in [3.8, 4) is 28.4 Å². The number of aliphatic hydroxyl groups is 1. The molecule has 0 radical (unpaired) electrons. The minimum absolute atomic E-state index is 0.0537. The maximum Gasteiger partial charge on any atom is 0.336 e. The van der Waals surface area contributed by atoms with E-state index in [9.17, 15) is 29.0 Å². The second-order valence-corrected chi connectivity index (χ2v) is 12.7. The Morgan fingerprint density at radius 3 is 2.17 bits per heavy atom. The SMILES string of the molecule is Cc1cc(F)cc(C)c1Oc1ccc(C(C)(C)O)cc1-c1cn(C)c(=O)cc1O[C@H]1CC[C@H](NC(=O)c2ccccc2C(=O)O)CC1. The van der Waals surface area contributed by atoms with Gasteiger partial charge in [-0.1, -0.05) is 18.2 Å². The molecule has 9 nitrogen and oxygen atoms in total. The lowest BCUT2D eigenvalue weighted by atomic mass is 9.92. The first-order chi connectivity index (χ1) is 22.2. The summed E-state index contributed by atoms with van der Waals surface area (Å²) in [6.07, 6.45) is 3.77. The van der Waals surface area contributed by atoms with Crippen LogP contribution in [-0.2, 0) is 12.6 Å². The highest BCUT2D eigenvalue weighted by Gasteiger charge is 2.28. The van der Waals surface area contributed by atoms with Crippen LogP contribution in [0.15, 0.2) is 71.7 Å². The number of benzene rings is 3. The molecule has 0 bridgehead atoms. The van der Waals surface area contributed by atoms with Crippen LogP contribution in [0.4, 0.5) is 4.39 Å². The number of hydrogen-bond donors (Lipinski definition) is 3. The standard InChI is InChI=1S/C37H39FN2O7/c1-21-16-24(38)17-22(2)34(21)47-31-15-10-23(37(3,4)45)18-29(31)30-20-40(5)33(41)19-32(30)46-26-13-11-25(12-14-26)39-35(42)27-8-6-7-9-28(27)36(43)44/h6-10,15-20,25-26,45H,11-14H2,1-5H3,(H,39,42)(H,43,44)/t25-,26-. The van der Waals surface area contributed by atoms with Gasteiger partial charge in [0, 0.05) is 36.5 Å². The molecular weight excluding hydrogens is 603 g/mol.